The third kappa shape index (κ3) is 4.26. The number of carbonyl (C=O) groups excluding carboxylic acids is 1. The highest BCUT2D eigenvalue weighted by molar-refractivity contribution is 7.72. The highest BCUT2D eigenvalue weighted by atomic mass is 31.1. The lowest BCUT2D eigenvalue weighted by Crippen LogP contribution is -2.17. The van der Waals surface area contributed by atoms with Crippen molar-refractivity contribution >= 4 is 24.8 Å². The lowest BCUT2D eigenvalue weighted by atomic mass is 10.2. The van der Waals surface area contributed by atoms with E-state index in [-0.39, 0.29) is 5.92 Å². The Morgan fingerprint density at radius 1 is 1.00 bits per heavy atom. The molecule has 0 spiro atoms. The molecule has 0 N–H and O–H groups in total. The van der Waals surface area contributed by atoms with Crippen LogP contribution in [0.3, 0.4) is 0 Å². The molecule has 0 fully saturated rings. The van der Waals surface area contributed by atoms with Gasteiger partial charge in [0, 0.05) is 5.92 Å². The minimum atomic E-state index is -0.525. The summed E-state index contributed by atoms with van der Waals surface area (Å²) in [5.41, 5.74) is 0. The maximum absolute atomic E-state index is 10.6. The fourth-order valence-electron chi connectivity index (χ4n) is 1.88. The van der Waals surface area contributed by atoms with E-state index in [0.717, 1.165) is 6.29 Å². The fourth-order valence-corrected chi connectivity index (χ4v) is 3.83. The van der Waals surface area contributed by atoms with Gasteiger partial charge in [-0.2, -0.15) is 0 Å². The summed E-state index contributed by atoms with van der Waals surface area (Å²) in [4.78, 5) is 10.6. The van der Waals surface area contributed by atoms with Crippen molar-refractivity contribution < 1.29 is 9.53 Å². The Hall–Kier alpha value is -1.50. The molecule has 1 unspecified atom stereocenters. The second-order valence-electron chi connectivity index (χ2n) is 4.71. The van der Waals surface area contributed by atoms with E-state index in [1.165, 1.54) is 10.6 Å². The highest BCUT2D eigenvalue weighted by Crippen LogP contribution is 2.33. The van der Waals surface area contributed by atoms with Gasteiger partial charge in [0.25, 0.3) is 0 Å². The van der Waals surface area contributed by atoms with Crippen LogP contribution in [0.2, 0.25) is 0 Å². The van der Waals surface area contributed by atoms with Gasteiger partial charge in [-0.25, -0.2) is 0 Å². The molecule has 2 aromatic rings. The molecule has 0 saturated carbocycles. The number of ether oxygens (including phenoxy) is 1. The van der Waals surface area contributed by atoms with Crippen molar-refractivity contribution in [1.82, 2.24) is 0 Å². The number of aldehydes is 1. The van der Waals surface area contributed by atoms with Crippen LogP contribution in [0.15, 0.2) is 60.7 Å². The Labute approximate surface area is 121 Å². The zero-order chi connectivity index (χ0) is 14.2. The summed E-state index contributed by atoms with van der Waals surface area (Å²) >= 11 is 0. The minimum absolute atomic E-state index is 0.0432. The molecule has 0 aliphatic carbocycles. The van der Waals surface area contributed by atoms with Crippen LogP contribution in [0, 0.1) is 5.92 Å². The number of carbonyl (C=O) groups is 1. The zero-order valence-corrected chi connectivity index (χ0v) is 12.5. The van der Waals surface area contributed by atoms with Gasteiger partial charge in [-0.3, -0.25) is 0 Å². The number of benzene rings is 2. The van der Waals surface area contributed by atoms with Crippen molar-refractivity contribution in [2.24, 2.45) is 5.92 Å². The molecule has 0 aliphatic heterocycles. The van der Waals surface area contributed by atoms with Gasteiger partial charge in [-0.15, -0.1) is 0 Å². The normalized spacial score (nSPS) is 12.3. The molecule has 2 nitrogen and oxygen atoms in total. The van der Waals surface area contributed by atoms with Crippen LogP contribution in [0.5, 0.6) is 0 Å². The molecule has 0 amide bonds. The highest BCUT2D eigenvalue weighted by Gasteiger charge is 2.14. The Bertz CT molecular complexity index is 474. The molecule has 1 atom stereocenters. The second kappa shape index (κ2) is 7.94. The summed E-state index contributed by atoms with van der Waals surface area (Å²) < 4.78 is 5.75. The van der Waals surface area contributed by atoms with Crippen LogP contribution in [0.25, 0.3) is 0 Å². The first-order chi connectivity index (χ1) is 9.81. The lowest BCUT2D eigenvalue weighted by molar-refractivity contribution is -0.112. The first-order valence-corrected chi connectivity index (χ1v) is 8.24. The monoisotopic (exact) mass is 286 g/mol. The largest absolute Gasteiger partial charge is 0.376 e. The number of hydrogen-bond donors (Lipinski definition) is 0. The Morgan fingerprint density at radius 2 is 1.50 bits per heavy atom. The van der Waals surface area contributed by atoms with Crippen LogP contribution in [0.4, 0.5) is 0 Å². The van der Waals surface area contributed by atoms with Crippen LogP contribution in [0.1, 0.15) is 6.92 Å². The van der Waals surface area contributed by atoms with Gasteiger partial charge in [0.2, 0.25) is 0 Å². The molecule has 0 saturated heterocycles. The van der Waals surface area contributed by atoms with E-state index >= 15 is 0 Å². The first kappa shape index (κ1) is 14.9. The molecule has 2 rings (SSSR count). The van der Waals surface area contributed by atoms with Crippen molar-refractivity contribution in [2.45, 2.75) is 6.92 Å². The number of hydrogen-bond acceptors (Lipinski definition) is 2. The Balaban J connectivity index is 2.11. The SMILES string of the molecule is CC(C=O)COCP(c1ccccc1)c1ccccc1. The predicted octanol–water partition coefficient (Wildman–Crippen LogP) is 2.93. The molecule has 0 bridgehead atoms. The summed E-state index contributed by atoms with van der Waals surface area (Å²) in [5, 5.41) is 2.60. The third-order valence-electron chi connectivity index (χ3n) is 2.97. The Morgan fingerprint density at radius 3 is 1.95 bits per heavy atom. The first-order valence-electron chi connectivity index (χ1n) is 6.72. The topological polar surface area (TPSA) is 26.3 Å². The third-order valence-corrected chi connectivity index (χ3v) is 5.25. The lowest BCUT2D eigenvalue weighted by Gasteiger charge is -2.19. The van der Waals surface area contributed by atoms with Crippen molar-refractivity contribution in [3.63, 3.8) is 0 Å². The molecule has 2 aromatic carbocycles. The summed E-state index contributed by atoms with van der Waals surface area (Å²) in [6.07, 6.45) is 1.59. The van der Waals surface area contributed by atoms with E-state index in [9.17, 15) is 4.79 Å². The second-order valence-corrected chi connectivity index (χ2v) is 6.86. The predicted molar refractivity (Wildman–Crippen MR) is 85.1 cm³/mol. The van der Waals surface area contributed by atoms with Gasteiger partial charge in [0.1, 0.15) is 6.29 Å². The quantitative estimate of drug-likeness (QED) is 0.578. The molecular formula is C17H19O2P. The van der Waals surface area contributed by atoms with E-state index < -0.39 is 7.92 Å². The fraction of sp³-hybridized carbons (Fsp3) is 0.235. The van der Waals surface area contributed by atoms with Gasteiger partial charge >= 0.3 is 0 Å². The van der Waals surface area contributed by atoms with E-state index in [0.29, 0.717) is 13.0 Å². The molecule has 0 radical (unpaired) electrons. The molecule has 0 aliphatic rings. The molecule has 0 aromatic heterocycles. The van der Waals surface area contributed by atoms with Gasteiger partial charge in [-0.1, -0.05) is 67.6 Å². The van der Waals surface area contributed by atoms with Crippen LogP contribution >= 0.6 is 7.92 Å². The molecule has 0 heterocycles. The summed E-state index contributed by atoms with van der Waals surface area (Å²) in [5.74, 6) is -0.0432. The van der Waals surface area contributed by atoms with E-state index in [4.69, 9.17) is 4.74 Å². The van der Waals surface area contributed by atoms with Gasteiger partial charge in [-0.05, 0) is 18.5 Å². The van der Waals surface area contributed by atoms with Crippen molar-refractivity contribution in [3.05, 3.63) is 60.7 Å². The average Bonchev–Trinajstić information content (AvgIpc) is 2.53. The maximum Gasteiger partial charge on any atom is 0.125 e. The average molecular weight is 286 g/mol. The van der Waals surface area contributed by atoms with E-state index in [1.807, 2.05) is 19.1 Å². The van der Waals surface area contributed by atoms with E-state index in [2.05, 4.69) is 48.5 Å². The van der Waals surface area contributed by atoms with Gasteiger partial charge in [0.05, 0.1) is 13.0 Å². The maximum atomic E-state index is 10.6. The van der Waals surface area contributed by atoms with Crippen LogP contribution < -0.4 is 10.6 Å². The smallest absolute Gasteiger partial charge is 0.125 e. The molecular weight excluding hydrogens is 267 g/mol. The molecule has 3 heteroatoms. The number of rotatable bonds is 7. The van der Waals surface area contributed by atoms with Crippen molar-refractivity contribution in [1.29, 1.82) is 0 Å². The minimum Gasteiger partial charge on any atom is -0.376 e. The molecule has 104 valence electrons. The van der Waals surface area contributed by atoms with Gasteiger partial charge < -0.3 is 9.53 Å². The van der Waals surface area contributed by atoms with E-state index in [1.54, 1.807) is 0 Å². The van der Waals surface area contributed by atoms with Crippen LogP contribution in [-0.4, -0.2) is 19.2 Å². The van der Waals surface area contributed by atoms with Crippen LogP contribution in [-0.2, 0) is 9.53 Å². The Kier molecular flexibility index (Phi) is 5.91. The van der Waals surface area contributed by atoms with Gasteiger partial charge in [0.15, 0.2) is 0 Å². The molecule has 20 heavy (non-hydrogen) atoms. The standard InChI is InChI=1S/C17H19O2P/c1-15(12-18)13-19-14-20(16-8-4-2-5-9-16)17-10-6-3-7-11-17/h2-12,15H,13-14H2,1H3. The summed E-state index contributed by atoms with van der Waals surface area (Å²) in [6.45, 7) is 2.36. The zero-order valence-electron chi connectivity index (χ0n) is 11.6. The summed E-state index contributed by atoms with van der Waals surface area (Å²) in [6, 6.07) is 20.9. The summed E-state index contributed by atoms with van der Waals surface area (Å²) in [7, 11) is -0.525. The van der Waals surface area contributed by atoms with Crippen molar-refractivity contribution in [2.75, 3.05) is 13.0 Å². The van der Waals surface area contributed by atoms with Crippen molar-refractivity contribution in [3.8, 4) is 0 Å².